The van der Waals surface area contributed by atoms with Gasteiger partial charge < -0.3 is 10.7 Å². The summed E-state index contributed by atoms with van der Waals surface area (Å²) >= 11 is 1.57. The van der Waals surface area contributed by atoms with Crippen molar-refractivity contribution >= 4 is 28.8 Å². The number of H-pyrrole nitrogens is 1. The Balaban J connectivity index is 1.75. The lowest BCUT2D eigenvalue weighted by Crippen LogP contribution is -2.19. The molecule has 3 aromatic rings. The first-order chi connectivity index (χ1) is 11.5. The number of primary amides is 1. The van der Waals surface area contributed by atoms with Gasteiger partial charge in [-0.1, -0.05) is 12.1 Å². The van der Waals surface area contributed by atoms with Crippen LogP contribution in [0.2, 0.25) is 0 Å². The quantitative estimate of drug-likeness (QED) is 0.670. The van der Waals surface area contributed by atoms with Crippen molar-refractivity contribution in [3.8, 4) is 11.1 Å². The fourth-order valence-electron chi connectivity index (χ4n) is 2.53. The Morgan fingerprint density at radius 1 is 1.25 bits per heavy atom. The SMILES string of the molecule is CN(CCC(N)=O)Sc1ccc(-c2c[nH]c3cc(F)ccc23)cc1. The highest BCUT2D eigenvalue weighted by atomic mass is 32.2. The van der Waals surface area contributed by atoms with Crippen LogP contribution in [-0.4, -0.2) is 28.8 Å². The smallest absolute Gasteiger partial charge is 0.218 e. The van der Waals surface area contributed by atoms with Gasteiger partial charge in [0.15, 0.2) is 0 Å². The van der Waals surface area contributed by atoms with E-state index in [0.29, 0.717) is 13.0 Å². The Morgan fingerprint density at radius 2 is 2.00 bits per heavy atom. The molecule has 0 atom stereocenters. The number of fused-ring (bicyclic) bond motifs is 1. The summed E-state index contributed by atoms with van der Waals surface area (Å²) in [4.78, 5) is 15.0. The molecule has 1 heterocycles. The normalized spacial score (nSPS) is 11.3. The van der Waals surface area contributed by atoms with Crippen LogP contribution in [0.5, 0.6) is 0 Å². The Morgan fingerprint density at radius 3 is 2.71 bits per heavy atom. The summed E-state index contributed by atoms with van der Waals surface area (Å²) < 4.78 is 15.3. The van der Waals surface area contributed by atoms with Crippen molar-refractivity contribution in [2.75, 3.05) is 13.6 Å². The van der Waals surface area contributed by atoms with E-state index in [2.05, 4.69) is 4.98 Å². The summed E-state index contributed by atoms with van der Waals surface area (Å²) in [7, 11) is 1.93. The van der Waals surface area contributed by atoms with Crippen LogP contribution in [0.15, 0.2) is 53.6 Å². The van der Waals surface area contributed by atoms with Crippen molar-refractivity contribution in [3.05, 3.63) is 54.5 Å². The first-order valence-corrected chi connectivity index (χ1v) is 8.35. The van der Waals surface area contributed by atoms with Gasteiger partial charge in [-0.15, -0.1) is 0 Å². The van der Waals surface area contributed by atoms with E-state index < -0.39 is 0 Å². The summed E-state index contributed by atoms with van der Waals surface area (Å²) in [6, 6.07) is 12.9. The monoisotopic (exact) mass is 343 g/mol. The molecule has 0 radical (unpaired) electrons. The molecule has 1 amide bonds. The minimum absolute atomic E-state index is 0.248. The number of amides is 1. The second kappa shape index (κ2) is 7.07. The number of nitrogens with two attached hydrogens (primary N) is 1. The lowest BCUT2D eigenvalue weighted by atomic mass is 10.1. The maximum atomic E-state index is 13.3. The van der Waals surface area contributed by atoms with Crippen LogP contribution >= 0.6 is 11.9 Å². The van der Waals surface area contributed by atoms with Crippen molar-refractivity contribution in [2.24, 2.45) is 5.73 Å². The van der Waals surface area contributed by atoms with E-state index in [-0.39, 0.29) is 11.7 Å². The predicted octanol–water partition coefficient (Wildman–Crippen LogP) is 3.79. The standard InChI is InChI=1S/C18H18FN3OS/c1-22(9-8-18(20)23)24-14-5-2-12(3-6-14)16-11-21-17-10-13(19)4-7-15(16)17/h2-7,10-11,21H,8-9H2,1H3,(H2,20,23). The van der Waals surface area contributed by atoms with Crippen LogP contribution < -0.4 is 5.73 Å². The summed E-state index contributed by atoms with van der Waals surface area (Å²) in [5, 5.41) is 0.996. The summed E-state index contributed by atoms with van der Waals surface area (Å²) in [6.07, 6.45) is 2.23. The molecule has 6 heteroatoms. The Labute approximate surface area is 144 Å². The Hall–Kier alpha value is -2.31. The third kappa shape index (κ3) is 3.77. The number of aromatic nitrogens is 1. The molecule has 0 aliphatic carbocycles. The number of hydrogen-bond acceptors (Lipinski definition) is 3. The van der Waals surface area contributed by atoms with Gasteiger partial charge in [0.05, 0.1) is 0 Å². The maximum Gasteiger partial charge on any atom is 0.218 e. The third-order valence-electron chi connectivity index (χ3n) is 3.74. The molecule has 0 fully saturated rings. The second-order valence-corrected chi connectivity index (χ2v) is 6.85. The number of benzene rings is 2. The van der Waals surface area contributed by atoms with Crippen molar-refractivity contribution in [1.29, 1.82) is 0 Å². The molecule has 3 N–H and O–H groups in total. The van der Waals surface area contributed by atoms with Crippen molar-refractivity contribution in [2.45, 2.75) is 11.3 Å². The highest BCUT2D eigenvalue weighted by Crippen LogP contribution is 2.31. The molecule has 1 aromatic heterocycles. The molecule has 24 heavy (non-hydrogen) atoms. The maximum absolute atomic E-state index is 13.3. The van der Waals surface area contributed by atoms with E-state index in [1.165, 1.54) is 12.1 Å². The number of carbonyl (C=O) groups excluding carboxylic acids is 1. The summed E-state index contributed by atoms with van der Waals surface area (Å²) in [6.45, 7) is 0.607. The highest BCUT2D eigenvalue weighted by molar-refractivity contribution is 7.97. The number of carbonyl (C=O) groups is 1. The molecule has 0 spiro atoms. The van der Waals surface area contributed by atoms with E-state index in [4.69, 9.17) is 5.73 Å². The largest absolute Gasteiger partial charge is 0.370 e. The average Bonchev–Trinajstić information content (AvgIpc) is 2.96. The van der Waals surface area contributed by atoms with Gasteiger partial charge in [-0.05, 0) is 54.9 Å². The van der Waals surface area contributed by atoms with E-state index in [1.54, 1.807) is 18.0 Å². The summed E-state index contributed by atoms with van der Waals surface area (Å²) in [5.74, 6) is -0.546. The molecule has 0 saturated heterocycles. The predicted molar refractivity (Wildman–Crippen MR) is 96.0 cm³/mol. The lowest BCUT2D eigenvalue weighted by Gasteiger charge is -2.14. The molecule has 4 nitrogen and oxygen atoms in total. The number of rotatable bonds is 6. The molecule has 2 aromatic carbocycles. The second-order valence-electron chi connectivity index (χ2n) is 5.58. The minimum atomic E-state index is -0.298. The topological polar surface area (TPSA) is 62.1 Å². The highest BCUT2D eigenvalue weighted by Gasteiger charge is 2.08. The lowest BCUT2D eigenvalue weighted by molar-refractivity contribution is -0.118. The molecule has 0 unspecified atom stereocenters. The first kappa shape index (κ1) is 16.5. The fourth-order valence-corrected chi connectivity index (χ4v) is 3.33. The zero-order chi connectivity index (χ0) is 17.1. The molecule has 0 saturated carbocycles. The van der Waals surface area contributed by atoms with Gasteiger partial charge in [0, 0.05) is 40.5 Å². The van der Waals surface area contributed by atoms with Crippen LogP contribution in [0.1, 0.15) is 6.42 Å². The Kier molecular flexibility index (Phi) is 4.87. The zero-order valence-electron chi connectivity index (χ0n) is 13.3. The van der Waals surface area contributed by atoms with E-state index >= 15 is 0 Å². The van der Waals surface area contributed by atoms with Crippen LogP contribution in [0.3, 0.4) is 0 Å². The molecular weight excluding hydrogens is 325 g/mol. The van der Waals surface area contributed by atoms with Gasteiger partial charge in [0.25, 0.3) is 0 Å². The molecule has 3 rings (SSSR count). The van der Waals surface area contributed by atoms with E-state index in [1.807, 2.05) is 41.8 Å². The first-order valence-electron chi connectivity index (χ1n) is 7.57. The van der Waals surface area contributed by atoms with Crippen molar-refractivity contribution in [3.63, 3.8) is 0 Å². The molecule has 0 aliphatic rings. The van der Waals surface area contributed by atoms with Crippen LogP contribution in [0.25, 0.3) is 22.0 Å². The number of halogens is 1. The van der Waals surface area contributed by atoms with Gasteiger partial charge in [0.1, 0.15) is 5.82 Å². The van der Waals surface area contributed by atoms with Gasteiger partial charge in [0.2, 0.25) is 5.91 Å². The molecular formula is C18H18FN3OS. The van der Waals surface area contributed by atoms with Gasteiger partial charge >= 0.3 is 0 Å². The van der Waals surface area contributed by atoms with E-state index in [0.717, 1.165) is 26.9 Å². The molecule has 124 valence electrons. The van der Waals surface area contributed by atoms with Crippen molar-refractivity contribution < 1.29 is 9.18 Å². The van der Waals surface area contributed by atoms with Gasteiger partial charge in [-0.3, -0.25) is 4.79 Å². The number of nitrogens with one attached hydrogen (secondary N) is 1. The Bertz CT molecular complexity index is 860. The fraction of sp³-hybridized carbons (Fsp3) is 0.167. The zero-order valence-corrected chi connectivity index (χ0v) is 14.1. The van der Waals surface area contributed by atoms with Gasteiger partial charge in [-0.2, -0.15) is 0 Å². The molecule has 0 bridgehead atoms. The number of hydrogen-bond donors (Lipinski definition) is 2. The third-order valence-corrected chi connectivity index (χ3v) is 4.72. The molecule has 0 aliphatic heterocycles. The van der Waals surface area contributed by atoms with Crippen molar-refractivity contribution in [1.82, 2.24) is 9.29 Å². The average molecular weight is 343 g/mol. The van der Waals surface area contributed by atoms with Crippen LogP contribution in [-0.2, 0) is 4.79 Å². The van der Waals surface area contributed by atoms with Gasteiger partial charge in [-0.25, -0.2) is 8.70 Å². The van der Waals surface area contributed by atoms with E-state index in [9.17, 15) is 9.18 Å². The number of nitrogens with zero attached hydrogens (tertiary/aromatic N) is 1. The summed E-state index contributed by atoms with van der Waals surface area (Å²) in [5.41, 5.74) is 8.06. The number of aromatic amines is 1. The minimum Gasteiger partial charge on any atom is -0.370 e. The van der Waals surface area contributed by atoms with Crippen LogP contribution in [0.4, 0.5) is 4.39 Å². The van der Waals surface area contributed by atoms with Crippen LogP contribution in [0, 0.1) is 5.82 Å².